The highest BCUT2D eigenvalue weighted by molar-refractivity contribution is 6.11. The van der Waals surface area contributed by atoms with Gasteiger partial charge in [-0.1, -0.05) is 12.1 Å². The number of benzene rings is 2. The molecule has 1 atom stereocenters. The molecule has 0 radical (unpaired) electrons. The third kappa shape index (κ3) is 4.72. The van der Waals surface area contributed by atoms with Crippen molar-refractivity contribution >= 4 is 34.8 Å². The van der Waals surface area contributed by atoms with Crippen LogP contribution in [-0.4, -0.2) is 55.9 Å². The Bertz CT molecular complexity index is 913. The van der Waals surface area contributed by atoms with Gasteiger partial charge in [0.15, 0.2) is 0 Å². The molecule has 8 nitrogen and oxygen atoms in total. The van der Waals surface area contributed by atoms with E-state index in [0.717, 1.165) is 0 Å². The number of fused-ring (bicyclic) bond motifs is 1. The van der Waals surface area contributed by atoms with E-state index in [1.807, 2.05) is 6.07 Å². The number of amides is 3. The third-order valence-corrected chi connectivity index (χ3v) is 4.82. The van der Waals surface area contributed by atoms with Crippen LogP contribution in [-0.2, 0) is 14.4 Å². The summed E-state index contributed by atoms with van der Waals surface area (Å²) in [5, 5.41) is 5.56. The van der Waals surface area contributed by atoms with E-state index in [1.165, 1.54) is 4.90 Å². The summed E-state index contributed by atoms with van der Waals surface area (Å²) in [6, 6.07) is 13.6. The summed E-state index contributed by atoms with van der Waals surface area (Å²) in [7, 11) is 3.28. The van der Waals surface area contributed by atoms with E-state index in [1.54, 1.807) is 68.4 Å². The second-order valence-corrected chi connectivity index (χ2v) is 6.86. The lowest BCUT2D eigenvalue weighted by Crippen LogP contribution is -2.51. The zero-order chi connectivity index (χ0) is 21.0. The first-order valence-corrected chi connectivity index (χ1v) is 9.23. The van der Waals surface area contributed by atoms with Crippen LogP contribution in [0.15, 0.2) is 48.5 Å². The number of likely N-dealkylation sites (N-methyl/N-ethyl adjacent to an activating group) is 1. The van der Waals surface area contributed by atoms with Gasteiger partial charge in [-0.2, -0.15) is 0 Å². The first-order valence-electron chi connectivity index (χ1n) is 9.23. The summed E-state index contributed by atoms with van der Waals surface area (Å²) >= 11 is 0. The molecular weight excluding hydrogens is 372 g/mol. The fourth-order valence-electron chi connectivity index (χ4n) is 3.08. The minimum absolute atomic E-state index is 0.0284. The lowest BCUT2D eigenvalue weighted by molar-refractivity contribution is -0.126. The third-order valence-electron chi connectivity index (χ3n) is 4.82. The van der Waals surface area contributed by atoms with Gasteiger partial charge in [0, 0.05) is 5.69 Å². The number of hydrogen-bond acceptors (Lipinski definition) is 5. The Hall–Kier alpha value is -3.39. The highest BCUT2D eigenvalue weighted by atomic mass is 16.5. The largest absolute Gasteiger partial charge is 0.497 e. The van der Waals surface area contributed by atoms with Crippen molar-refractivity contribution in [2.24, 2.45) is 0 Å². The van der Waals surface area contributed by atoms with Crippen LogP contribution in [0.1, 0.15) is 6.92 Å². The van der Waals surface area contributed by atoms with E-state index in [2.05, 4.69) is 10.6 Å². The van der Waals surface area contributed by atoms with Crippen LogP contribution in [0.4, 0.5) is 17.1 Å². The zero-order valence-electron chi connectivity index (χ0n) is 16.6. The molecule has 2 N–H and O–H groups in total. The number of hydrogen-bond donors (Lipinski definition) is 2. The van der Waals surface area contributed by atoms with Crippen LogP contribution in [0.2, 0.25) is 0 Å². The minimum atomic E-state index is -0.587. The number of nitrogens with one attached hydrogen (secondary N) is 2. The van der Waals surface area contributed by atoms with Crippen LogP contribution < -0.4 is 20.3 Å². The molecule has 0 aliphatic carbocycles. The standard InChI is InChI=1S/C21H24N4O4/c1-14(21(28)25-13-20(27)23-17-6-4-5-7-18(17)25)24(2)12-19(26)22-15-8-10-16(29-3)11-9-15/h4-11,14H,12-13H2,1-3H3,(H,22,26)(H,23,27)/t14-/m0/s1. The topological polar surface area (TPSA) is 91.0 Å². The number of nitrogens with zero attached hydrogens (tertiary/aromatic N) is 2. The Morgan fingerprint density at radius 1 is 1.21 bits per heavy atom. The fourth-order valence-corrected chi connectivity index (χ4v) is 3.08. The number of carbonyl (C=O) groups is 3. The summed E-state index contributed by atoms with van der Waals surface area (Å²) in [6.07, 6.45) is 0. The van der Waals surface area contributed by atoms with E-state index in [0.29, 0.717) is 22.8 Å². The molecule has 0 spiro atoms. The second kappa shape index (κ2) is 8.74. The van der Waals surface area contributed by atoms with Crippen LogP contribution in [0.3, 0.4) is 0 Å². The maximum atomic E-state index is 13.0. The van der Waals surface area contributed by atoms with E-state index in [9.17, 15) is 14.4 Å². The van der Waals surface area contributed by atoms with Crippen molar-refractivity contribution in [1.29, 1.82) is 0 Å². The van der Waals surface area contributed by atoms with Crippen molar-refractivity contribution in [3.63, 3.8) is 0 Å². The Balaban J connectivity index is 1.63. The average molecular weight is 396 g/mol. The molecule has 3 amide bonds. The highest BCUT2D eigenvalue weighted by Gasteiger charge is 2.31. The van der Waals surface area contributed by atoms with E-state index in [4.69, 9.17) is 4.74 Å². The molecule has 0 saturated carbocycles. The number of para-hydroxylation sites is 2. The summed E-state index contributed by atoms with van der Waals surface area (Å²) < 4.78 is 5.10. The molecule has 29 heavy (non-hydrogen) atoms. The first kappa shape index (κ1) is 20.3. The molecule has 2 aromatic rings. The predicted molar refractivity (Wildman–Crippen MR) is 111 cm³/mol. The minimum Gasteiger partial charge on any atom is -0.497 e. The number of anilines is 3. The van der Waals surface area contributed by atoms with Gasteiger partial charge in [0.25, 0.3) is 0 Å². The molecular formula is C21H24N4O4. The Kier molecular flexibility index (Phi) is 6.13. The van der Waals surface area contributed by atoms with E-state index in [-0.39, 0.29) is 30.8 Å². The quantitative estimate of drug-likeness (QED) is 0.779. The molecule has 1 aliphatic heterocycles. The van der Waals surface area contributed by atoms with E-state index < -0.39 is 6.04 Å². The summed E-state index contributed by atoms with van der Waals surface area (Å²) in [5.74, 6) is -0.0320. The van der Waals surface area contributed by atoms with Crippen LogP contribution >= 0.6 is 0 Å². The molecule has 1 aliphatic rings. The molecule has 2 aromatic carbocycles. The van der Waals surface area contributed by atoms with Crippen LogP contribution in [0.25, 0.3) is 0 Å². The number of rotatable bonds is 6. The lowest BCUT2D eigenvalue weighted by atomic mass is 10.1. The van der Waals surface area contributed by atoms with Gasteiger partial charge in [0.2, 0.25) is 17.7 Å². The van der Waals surface area contributed by atoms with Crippen molar-refractivity contribution in [1.82, 2.24) is 4.90 Å². The monoisotopic (exact) mass is 396 g/mol. The Labute approximate surface area is 169 Å². The summed E-state index contributed by atoms with van der Waals surface area (Å²) in [6.45, 7) is 1.70. The second-order valence-electron chi connectivity index (χ2n) is 6.86. The van der Waals surface area contributed by atoms with Gasteiger partial charge in [-0.05, 0) is 50.4 Å². The van der Waals surface area contributed by atoms with Gasteiger partial charge >= 0.3 is 0 Å². The molecule has 3 rings (SSSR count). The SMILES string of the molecule is COc1ccc(NC(=O)CN(C)[C@@H](C)C(=O)N2CC(=O)Nc3ccccc32)cc1. The predicted octanol–water partition coefficient (Wildman–Crippen LogP) is 1.94. The van der Waals surface area contributed by atoms with Crippen molar-refractivity contribution in [2.75, 3.05) is 42.8 Å². The molecule has 0 fully saturated rings. The Morgan fingerprint density at radius 2 is 1.90 bits per heavy atom. The molecule has 0 aromatic heterocycles. The van der Waals surface area contributed by atoms with Crippen LogP contribution in [0, 0.1) is 0 Å². The number of methoxy groups -OCH3 is 1. The van der Waals surface area contributed by atoms with Crippen molar-refractivity contribution in [2.45, 2.75) is 13.0 Å². The van der Waals surface area contributed by atoms with Gasteiger partial charge in [0.05, 0.1) is 31.1 Å². The number of ether oxygens (including phenoxy) is 1. The smallest absolute Gasteiger partial charge is 0.244 e. The van der Waals surface area contributed by atoms with Crippen molar-refractivity contribution in [3.8, 4) is 5.75 Å². The van der Waals surface area contributed by atoms with Gasteiger partial charge in [-0.3, -0.25) is 24.2 Å². The lowest BCUT2D eigenvalue weighted by Gasteiger charge is -2.33. The molecule has 1 heterocycles. The summed E-state index contributed by atoms with van der Waals surface area (Å²) in [4.78, 5) is 40.4. The number of carbonyl (C=O) groups excluding carboxylic acids is 3. The molecule has 0 bridgehead atoms. The van der Waals surface area contributed by atoms with Gasteiger partial charge in [-0.15, -0.1) is 0 Å². The van der Waals surface area contributed by atoms with Gasteiger partial charge in [-0.25, -0.2) is 0 Å². The van der Waals surface area contributed by atoms with Gasteiger partial charge in [0.1, 0.15) is 12.3 Å². The van der Waals surface area contributed by atoms with E-state index >= 15 is 0 Å². The molecule has 152 valence electrons. The molecule has 0 unspecified atom stereocenters. The maximum Gasteiger partial charge on any atom is 0.244 e. The Morgan fingerprint density at radius 3 is 2.59 bits per heavy atom. The van der Waals surface area contributed by atoms with Gasteiger partial charge < -0.3 is 15.4 Å². The van der Waals surface area contributed by atoms with Crippen molar-refractivity contribution < 1.29 is 19.1 Å². The normalized spacial score (nSPS) is 14.1. The maximum absolute atomic E-state index is 13.0. The molecule has 0 saturated heterocycles. The van der Waals surface area contributed by atoms with Crippen molar-refractivity contribution in [3.05, 3.63) is 48.5 Å². The highest BCUT2D eigenvalue weighted by Crippen LogP contribution is 2.29. The fraction of sp³-hybridized carbons (Fsp3) is 0.286. The first-order chi connectivity index (χ1) is 13.9. The average Bonchev–Trinajstić information content (AvgIpc) is 2.72. The molecule has 8 heteroatoms. The summed E-state index contributed by atoms with van der Waals surface area (Å²) in [5.41, 5.74) is 1.90. The zero-order valence-corrected chi connectivity index (χ0v) is 16.6. The van der Waals surface area contributed by atoms with Crippen LogP contribution in [0.5, 0.6) is 5.75 Å².